The maximum Gasteiger partial charge on any atom is 0.317 e. The van der Waals surface area contributed by atoms with Gasteiger partial charge in [-0.2, -0.15) is 0 Å². The summed E-state index contributed by atoms with van der Waals surface area (Å²) in [6.45, 7) is 2.43. The van der Waals surface area contributed by atoms with Crippen molar-refractivity contribution in [3.8, 4) is 0 Å². The summed E-state index contributed by atoms with van der Waals surface area (Å²) in [5.41, 5.74) is 1.15. The Balaban J connectivity index is 1.80. The van der Waals surface area contributed by atoms with Crippen molar-refractivity contribution in [3.63, 3.8) is 0 Å². The van der Waals surface area contributed by atoms with E-state index in [2.05, 4.69) is 5.32 Å². The minimum Gasteiger partial charge on any atom is -0.334 e. The molecule has 2 amide bonds. The number of hydrogen-bond donors (Lipinski definition) is 1. The Morgan fingerprint density at radius 2 is 1.53 bits per heavy atom. The van der Waals surface area contributed by atoms with E-state index >= 15 is 0 Å². The smallest absolute Gasteiger partial charge is 0.317 e. The molecule has 0 spiro atoms. The lowest BCUT2D eigenvalue weighted by Gasteiger charge is -2.22. The second-order valence-electron chi connectivity index (χ2n) is 5.25. The standard InChI is InChI=1S/C16H24N2O/c19-16(17-14-15-10-6-5-7-11-15)18-12-8-3-1-2-4-9-13-18/h5-7,10-11H,1-4,8-9,12-14H2,(H,17,19). The van der Waals surface area contributed by atoms with Crippen LogP contribution in [-0.4, -0.2) is 24.0 Å². The Bertz CT molecular complexity index is 368. The van der Waals surface area contributed by atoms with Crippen LogP contribution in [0.1, 0.15) is 44.1 Å². The third-order valence-corrected chi connectivity index (χ3v) is 3.68. The first-order valence-corrected chi connectivity index (χ1v) is 7.43. The van der Waals surface area contributed by atoms with Gasteiger partial charge in [0.15, 0.2) is 0 Å². The molecule has 1 heterocycles. The molecular formula is C16H24N2O. The van der Waals surface area contributed by atoms with Crippen molar-refractivity contribution < 1.29 is 4.79 Å². The Morgan fingerprint density at radius 3 is 2.16 bits per heavy atom. The number of hydrogen-bond acceptors (Lipinski definition) is 1. The highest BCUT2D eigenvalue weighted by molar-refractivity contribution is 5.74. The van der Waals surface area contributed by atoms with Gasteiger partial charge < -0.3 is 10.2 Å². The summed E-state index contributed by atoms with van der Waals surface area (Å²) in [7, 11) is 0. The van der Waals surface area contributed by atoms with Gasteiger partial charge >= 0.3 is 6.03 Å². The van der Waals surface area contributed by atoms with E-state index in [1.807, 2.05) is 35.2 Å². The minimum atomic E-state index is 0.0887. The molecule has 0 atom stereocenters. The predicted octanol–water partition coefficient (Wildman–Crippen LogP) is 3.55. The van der Waals surface area contributed by atoms with Crippen LogP contribution in [0.4, 0.5) is 4.79 Å². The lowest BCUT2D eigenvalue weighted by atomic mass is 10.1. The first kappa shape index (κ1) is 13.9. The molecule has 0 radical (unpaired) electrons. The molecule has 0 saturated carbocycles. The fourth-order valence-electron chi connectivity index (χ4n) is 2.51. The van der Waals surface area contributed by atoms with E-state index < -0.39 is 0 Å². The Morgan fingerprint density at radius 1 is 0.947 bits per heavy atom. The zero-order valence-corrected chi connectivity index (χ0v) is 11.6. The maximum atomic E-state index is 12.2. The van der Waals surface area contributed by atoms with E-state index in [0.717, 1.165) is 31.5 Å². The molecule has 1 saturated heterocycles. The summed E-state index contributed by atoms with van der Waals surface area (Å²) in [5.74, 6) is 0. The molecule has 1 fully saturated rings. The molecule has 0 aromatic heterocycles. The van der Waals surface area contributed by atoms with E-state index in [4.69, 9.17) is 0 Å². The molecule has 1 aromatic carbocycles. The van der Waals surface area contributed by atoms with Gasteiger partial charge in [0.05, 0.1) is 0 Å². The first-order chi connectivity index (χ1) is 9.36. The van der Waals surface area contributed by atoms with Crippen LogP contribution in [0, 0.1) is 0 Å². The van der Waals surface area contributed by atoms with E-state index in [0.29, 0.717) is 6.54 Å². The molecule has 0 aliphatic carbocycles. The monoisotopic (exact) mass is 260 g/mol. The molecule has 3 nitrogen and oxygen atoms in total. The second kappa shape index (κ2) is 7.82. The predicted molar refractivity (Wildman–Crippen MR) is 78.0 cm³/mol. The molecule has 1 aromatic rings. The van der Waals surface area contributed by atoms with Gasteiger partial charge in [-0.05, 0) is 18.4 Å². The highest BCUT2D eigenvalue weighted by Crippen LogP contribution is 2.11. The van der Waals surface area contributed by atoms with Crippen LogP contribution in [0.25, 0.3) is 0 Å². The number of benzene rings is 1. The van der Waals surface area contributed by atoms with Crippen LogP contribution in [0.3, 0.4) is 0 Å². The maximum absolute atomic E-state index is 12.2. The lowest BCUT2D eigenvalue weighted by molar-refractivity contribution is 0.196. The third-order valence-electron chi connectivity index (χ3n) is 3.68. The van der Waals surface area contributed by atoms with Crippen LogP contribution >= 0.6 is 0 Å². The summed E-state index contributed by atoms with van der Waals surface area (Å²) in [6.07, 6.45) is 7.42. The molecule has 2 rings (SSSR count). The van der Waals surface area contributed by atoms with Crippen molar-refractivity contribution in [3.05, 3.63) is 35.9 Å². The zero-order chi connectivity index (χ0) is 13.3. The van der Waals surface area contributed by atoms with Gasteiger partial charge in [0, 0.05) is 19.6 Å². The fraction of sp³-hybridized carbons (Fsp3) is 0.562. The third kappa shape index (κ3) is 4.93. The largest absolute Gasteiger partial charge is 0.334 e. The quantitative estimate of drug-likeness (QED) is 0.866. The number of rotatable bonds is 2. The lowest BCUT2D eigenvalue weighted by Crippen LogP contribution is -2.40. The van der Waals surface area contributed by atoms with E-state index in [9.17, 15) is 4.79 Å². The van der Waals surface area contributed by atoms with Gasteiger partial charge in [0.1, 0.15) is 0 Å². The zero-order valence-electron chi connectivity index (χ0n) is 11.6. The number of urea groups is 1. The van der Waals surface area contributed by atoms with Gasteiger partial charge in [-0.1, -0.05) is 56.0 Å². The molecule has 1 N–H and O–H groups in total. The molecule has 0 unspecified atom stereocenters. The van der Waals surface area contributed by atoms with Crippen molar-refractivity contribution in [2.75, 3.05) is 13.1 Å². The number of carbonyl (C=O) groups is 1. The van der Waals surface area contributed by atoms with Crippen molar-refractivity contribution in [2.24, 2.45) is 0 Å². The van der Waals surface area contributed by atoms with Crippen LogP contribution in [0.15, 0.2) is 30.3 Å². The van der Waals surface area contributed by atoms with Crippen molar-refractivity contribution in [1.82, 2.24) is 10.2 Å². The SMILES string of the molecule is O=C(NCc1ccccc1)N1CCCCCCCC1. The average Bonchev–Trinajstić information content (AvgIpc) is 2.59. The minimum absolute atomic E-state index is 0.0887. The molecule has 1 aliphatic heterocycles. The van der Waals surface area contributed by atoms with Crippen molar-refractivity contribution in [1.29, 1.82) is 0 Å². The van der Waals surface area contributed by atoms with Gasteiger partial charge in [0.2, 0.25) is 0 Å². The Hall–Kier alpha value is -1.51. The van der Waals surface area contributed by atoms with Crippen molar-refractivity contribution in [2.45, 2.75) is 45.1 Å². The number of carbonyl (C=O) groups excluding carboxylic acids is 1. The topological polar surface area (TPSA) is 32.3 Å². The summed E-state index contributed by atoms with van der Waals surface area (Å²) >= 11 is 0. The van der Waals surface area contributed by atoms with Crippen molar-refractivity contribution >= 4 is 6.03 Å². The normalized spacial score (nSPS) is 17.2. The highest BCUT2D eigenvalue weighted by Gasteiger charge is 2.13. The molecular weight excluding hydrogens is 236 g/mol. The number of nitrogens with one attached hydrogen (secondary N) is 1. The molecule has 19 heavy (non-hydrogen) atoms. The van der Waals surface area contributed by atoms with Gasteiger partial charge in [-0.25, -0.2) is 4.79 Å². The van der Waals surface area contributed by atoms with Crippen LogP contribution in [0.2, 0.25) is 0 Å². The number of nitrogens with zero attached hydrogens (tertiary/aromatic N) is 1. The molecule has 3 heteroatoms. The van der Waals surface area contributed by atoms with E-state index in [1.165, 1.54) is 25.7 Å². The van der Waals surface area contributed by atoms with E-state index in [1.54, 1.807) is 0 Å². The summed E-state index contributed by atoms with van der Waals surface area (Å²) in [5, 5.41) is 3.02. The van der Waals surface area contributed by atoms with Crippen LogP contribution in [-0.2, 0) is 6.54 Å². The second-order valence-corrected chi connectivity index (χ2v) is 5.25. The molecule has 0 bridgehead atoms. The van der Waals surface area contributed by atoms with Gasteiger partial charge in [-0.15, -0.1) is 0 Å². The van der Waals surface area contributed by atoms with Gasteiger partial charge in [-0.3, -0.25) is 0 Å². The van der Waals surface area contributed by atoms with Gasteiger partial charge in [0.25, 0.3) is 0 Å². The highest BCUT2D eigenvalue weighted by atomic mass is 16.2. The number of amides is 2. The van der Waals surface area contributed by atoms with E-state index in [-0.39, 0.29) is 6.03 Å². The Labute approximate surface area is 116 Å². The summed E-state index contributed by atoms with van der Waals surface area (Å²) in [6, 6.07) is 10.2. The molecule has 104 valence electrons. The average molecular weight is 260 g/mol. The Kier molecular flexibility index (Phi) is 5.73. The van der Waals surface area contributed by atoms with Crippen LogP contribution in [0.5, 0.6) is 0 Å². The fourth-order valence-corrected chi connectivity index (χ4v) is 2.51. The summed E-state index contributed by atoms with van der Waals surface area (Å²) < 4.78 is 0. The summed E-state index contributed by atoms with van der Waals surface area (Å²) in [4.78, 5) is 14.1. The molecule has 1 aliphatic rings. The van der Waals surface area contributed by atoms with Crippen LogP contribution < -0.4 is 5.32 Å². The first-order valence-electron chi connectivity index (χ1n) is 7.43.